The molecule has 0 aromatic heterocycles. The Bertz CT molecular complexity index is 1750. The molecule has 0 atom stereocenters. The number of nitrogens with zero attached hydrogens (tertiary/aromatic N) is 4. The smallest absolute Gasteiger partial charge is 0.294 e. The van der Waals surface area contributed by atoms with E-state index in [0.717, 1.165) is 69.4 Å². The van der Waals surface area contributed by atoms with E-state index in [2.05, 4.69) is 145 Å². The second kappa shape index (κ2) is 13.4. The molecule has 0 fully saturated rings. The zero-order chi connectivity index (χ0) is 35.2. The first-order chi connectivity index (χ1) is 21.5. The van der Waals surface area contributed by atoms with Crippen molar-refractivity contribution in [2.75, 3.05) is 73.4 Å². The summed E-state index contributed by atoms with van der Waals surface area (Å²) in [5.41, 5.74) is 7.58. The van der Waals surface area contributed by atoms with E-state index < -0.39 is 15.5 Å². The van der Waals surface area contributed by atoms with Gasteiger partial charge in [0.2, 0.25) is 5.69 Å². The number of hydrogen-bond acceptors (Lipinski definition) is 3. The van der Waals surface area contributed by atoms with Gasteiger partial charge in [-0.05, 0) is 68.8 Å². The first kappa shape index (κ1) is 37.3. The van der Waals surface area contributed by atoms with Gasteiger partial charge in [-0.2, -0.15) is 13.0 Å². The average Bonchev–Trinajstić information content (AvgIpc) is 3.26. The molecule has 2 aromatic rings. The Morgan fingerprint density at radius 2 is 1.55 bits per heavy atom. The van der Waals surface area contributed by atoms with Crippen molar-refractivity contribution in [3.63, 3.8) is 0 Å². The van der Waals surface area contributed by atoms with Crippen LogP contribution in [0.5, 0.6) is 0 Å². The molecule has 0 spiro atoms. The summed E-state index contributed by atoms with van der Waals surface area (Å²) in [5.74, 6) is 0. The summed E-state index contributed by atoms with van der Waals surface area (Å²) in [7, 11) is 9.00. The van der Waals surface area contributed by atoms with Crippen LogP contribution in [0.1, 0.15) is 57.2 Å². The molecular formula is C38H56BrN4O3S+3. The predicted octanol–water partition coefficient (Wildman–Crippen LogP) is 7.33. The fraction of sp³-hybridized carbons (Fsp3) is 0.500. The zero-order valence-electron chi connectivity index (χ0n) is 30.4. The van der Waals surface area contributed by atoms with Crippen LogP contribution in [0.15, 0.2) is 75.8 Å². The van der Waals surface area contributed by atoms with E-state index in [-0.39, 0.29) is 10.3 Å². The third-order valence-electron chi connectivity index (χ3n) is 9.43. The molecule has 4 rings (SSSR count). The first-order valence-electron chi connectivity index (χ1n) is 16.5. The molecule has 0 saturated heterocycles. The van der Waals surface area contributed by atoms with E-state index in [0.29, 0.717) is 0 Å². The maximum absolute atomic E-state index is 12.0. The zero-order valence-corrected chi connectivity index (χ0v) is 32.8. The molecule has 0 bridgehead atoms. The van der Waals surface area contributed by atoms with Gasteiger partial charge >= 0.3 is 0 Å². The summed E-state index contributed by atoms with van der Waals surface area (Å²) in [4.78, 5) is 2.23. The van der Waals surface area contributed by atoms with Crippen LogP contribution < -0.4 is 4.90 Å². The topological polar surface area (TPSA) is 60.6 Å². The van der Waals surface area contributed by atoms with E-state index in [1.807, 2.05) is 6.07 Å². The lowest BCUT2D eigenvalue weighted by molar-refractivity contribution is -0.871. The number of quaternary nitrogens is 2. The molecule has 2 heterocycles. The monoisotopic (exact) mass is 727 g/mol. The van der Waals surface area contributed by atoms with Crippen LogP contribution in [0.2, 0.25) is 0 Å². The Morgan fingerprint density at radius 1 is 0.915 bits per heavy atom. The van der Waals surface area contributed by atoms with Crippen LogP contribution in [0.25, 0.3) is 0 Å². The standard InChI is InChI=1S/C38H55BrN4O3S/c1-28-14-18-33-31(26-28)37(2,3)35(40(33)22-12-24-42(6,7)8)20-15-29(39)16-21-36-38(4,5)32-27-30(47(44,45)46)17-19-34(32)41(36)23-13-25-43(9,10)11/h14-21,26-27H,12-13,22-25H2,1-11H3/q+2/p+1. The summed E-state index contributed by atoms with van der Waals surface area (Å²) >= 11 is 3.85. The van der Waals surface area contributed by atoms with Gasteiger partial charge in [-0.1, -0.05) is 41.4 Å². The number of anilines is 1. The van der Waals surface area contributed by atoms with Crippen molar-refractivity contribution in [1.82, 2.24) is 0 Å². The molecular weight excluding hydrogens is 672 g/mol. The number of halogens is 1. The number of hydrogen-bond donors (Lipinski definition) is 1. The van der Waals surface area contributed by atoms with Crippen LogP contribution in [0, 0.1) is 6.92 Å². The molecule has 2 aliphatic rings. The summed E-state index contributed by atoms with van der Waals surface area (Å²) in [6.07, 6.45) is 10.7. The van der Waals surface area contributed by atoms with Crippen molar-refractivity contribution >= 4 is 43.1 Å². The Morgan fingerprint density at radius 3 is 2.17 bits per heavy atom. The molecule has 47 heavy (non-hydrogen) atoms. The van der Waals surface area contributed by atoms with Gasteiger partial charge in [-0.25, -0.2) is 0 Å². The SMILES string of the molecule is Cc1ccc2c(c1)C(C)(C)C(/C=C/C(Br)=C/C=C1/N(CCC[N+](C)(C)C)c3ccc(S(=O)(=O)O)cc3C1(C)C)=[N+]2CCC[N+](C)(C)C. The van der Waals surface area contributed by atoms with Crippen molar-refractivity contribution in [1.29, 1.82) is 0 Å². The number of fused-ring (bicyclic) bond motifs is 2. The van der Waals surface area contributed by atoms with E-state index in [9.17, 15) is 13.0 Å². The summed E-state index contributed by atoms with van der Waals surface area (Å²) in [5, 5.41) is 0. The second-order valence-corrected chi connectivity index (χ2v) is 18.6. The molecule has 0 saturated carbocycles. The minimum atomic E-state index is -4.31. The summed E-state index contributed by atoms with van der Waals surface area (Å²) in [6.45, 7) is 14.9. The van der Waals surface area contributed by atoms with Crippen LogP contribution in [0.3, 0.4) is 0 Å². The van der Waals surface area contributed by atoms with Crippen LogP contribution >= 0.6 is 15.9 Å². The Hall–Kier alpha value is -2.56. The Balaban J connectivity index is 1.71. The van der Waals surface area contributed by atoms with Gasteiger partial charge in [0.05, 0.1) is 72.1 Å². The van der Waals surface area contributed by atoms with Crippen LogP contribution in [-0.4, -0.2) is 101 Å². The Labute approximate surface area is 292 Å². The number of rotatable bonds is 12. The lowest BCUT2D eigenvalue weighted by Crippen LogP contribution is -2.37. The highest BCUT2D eigenvalue weighted by Crippen LogP contribution is 2.48. The molecule has 2 aliphatic heterocycles. The molecule has 0 aliphatic carbocycles. The molecule has 0 unspecified atom stereocenters. The largest absolute Gasteiger partial charge is 0.344 e. The van der Waals surface area contributed by atoms with Crippen LogP contribution in [-0.2, 0) is 20.9 Å². The van der Waals surface area contributed by atoms with Crippen molar-refractivity contribution in [2.45, 2.75) is 63.2 Å². The highest BCUT2D eigenvalue weighted by Gasteiger charge is 2.44. The Kier molecular flexibility index (Phi) is 10.6. The molecule has 0 radical (unpaired) electrons. The van der Waals surface area contributed by atoms with Gasteiger partial charge < -0.3 is 13.9 Å². The summed E-state index contributed by atoms with van der Waals surface area (Å²) < 4.78 is 39.1. The van der Waals surface area contributed by atoms with E-state index >= 15 is 0 Å². The summed E-state index contributed by atoms with van der Waals surface area (Å²) in [6, 6.07) is 11.8. The predicted molar refractivity (Wildman–Crippen MR) is 200 cm³/mol. The van der Waals surface area contributed by atoms with Gasteiger partial charge in [-0.15, -0.1) is 0 Å². The van der Waals surface area contributed by atoms with E-state index in [1.165, 1.54) is 28.6 Å². The van der Waals surface area contributed by atoms with E-state index in [4.69, 9.17) is 0 Å². The fourth-order valence-corrected chi connectivity index (χ4v) is 7.64. The van der Waals surface area contributed by atoms with Crippen molar-refractivity contribution < 1.29 is 26.5 Å². The van der Waals surface area contributed by atoms with Crippen molar-refractivity contribution in [3.05, 3.63) is 87.6 Å². The van der Waals surface area contributed by atoms with E-state index in [1.54, 1.807) is 6.07 Å². The minimum Gasteiger partial charge on any atom is -0.344 e. The fourth-order valence-electron chi connectivity index (χ4n) is 6.87. The highest BCUT2D eigenvalue weighted by atomic mass is 79.9. The third kappa shape index (κ3) is 8.54. The van der Waals surface area contributed by atoms with Gasteiger partial charge in [0.1, 0.15) is 0 Å². The minimum absolute atomic E-state index is 0.0741. The maximum atomic E-state index is 12.0. The lowest BCUT2D eigenvalue weighted by Gasteiger charge is -2.29. The number of aryl methyl sites for hydroxylation is 1. The molecule has 1 N–H and O–H groups in total. The molecule has 256 valence electrons. The maximum Gasteiger partial charge on any atom is 0.294 e. The normalized spacial score (nSPS) is 18.9. The highest BCUT2D eigenvalue weighted by molar-refractivity contribution is 9.11. The quantitative estimate of drug-likeness (QED) is 0.108. The van der Waals surface area contributed by atoms with Gasteiger partial charge in [0, 0.05) is 52.0 Å². The average molecular weight is 729 g/mol. The van der Waals surface area contributed by atoms with Crippen molar-refractivity contribution in [3.8, 4) is 0 Å². The molecule has 9 heteroatoms. The second-order valence-electron chi connectivity index (χ2n) is 16.3. The van der Waals surface area contributed by atoms with Crippen molar-refractivity contribution in [2.24, 2.45) is 0 Å². The number of benzene rings is 2. The molecule has 2 aromatic carbocycles. The first-order valence-corrected chi connectivity index (χ1v) is 18.8. The molecule has 7 nitrogen and oxygen atoms in total. The number of allylic oxidation sites excluding steroid dienone is 6. The third-order valence-corrected chi connectivity index (χ3v) is 10.8. The van der Waals surface area contributed by atoms with Gasteiger partial charge in [0.15, 0.2) is 12.3 Å². The van der Waals surface area contributed by atoms with Gasteiger partial charge in [0.25, 0.3) is 10.1 Å². The van der Waals surface area contributed by atoms with Crippen LogP contribution in [0.4, 0.5) is 11.4 Å². The lowest BCUT2D eigenvalue weighted by atomic mass is 9.81. The van der Waals surface area contributed by atoms with Gasteiger partial charge in [-0.3, -0.25) is 4.55 Å². The molecule has 0 amide bonds.